The molecule has 2 rings (SSSR count). The van der Waals surface area contributed by atoms with Crippen LogP contribution in [-0.2, 0) is 6.54 Å². The van der Waals surface area contributed by atoms with Gasteiger partial charge in [-0.05, 0) is 25.5 Å². The molecule has 1 aromatic heterocycles. The van der Waals surface area contributed by atoms with E-state index in [9.17, 15) is 0 Å². The number of hydrogen-bond acceptors (Lipinski definition) is 2. The zero-order valence-corrected chi connectivity index (χ0v) is 9.86. The molecule has 0 N–H and O–H groups in total. The number of alkyl halides is 1. The van der Waals surface area contributed by atoms with Gasteiger partial charge in [0, 0.05) is 30.3 Å². The fourth-order valence-electron chi connectivity index (χ4n) is 2.03. The van der Waals surface area contributed by atoms with Crippen molar-refractivity contribution in [2.45, 2.75) is 25.4 Å². The van der Waals surface area contributed by atoms with Crippen molar-refractivity contribution < 1.29 is 0 Å². The van der Waals surface area contributed by atoms with Crippen LogP contribution in [0.4, 0.5) is 0 Å². The maximum Gasteiger partial charge on any atom is 0.0536 e. The Morgan fingerprint density at radius 1 is 1.43 bits per heavy atom. The monoisotopic (exact) mass is 257 g/mol. The molecule has 1 fully saturated rings. The molecule has 1 aliphatic heterocycles. The second-order valence-electron chi connectivity index (χ2n) is 3.76. The highest BCUT2D eigenvalue weighted by atomic mass is 79.9. The van der Waals surface area contributed by atoms with Crippen LogP contribution in [0.25, 0.3) is 0 Å². The Hall–Kier alpha value is -0.350. The van der Waals surface area contributed by atoms with Gasteiger partial charge in [-0.1, -0.05) is 15.9 Å². The number of hydrogen-bond donors (Lipinski definition) is 0. The minimum Gasteiger partial charge on any atom is -0.298 e. The summed E-state index contributed by atoms with van der Waals surface area (Å²) in [6.07, 6.45) is 6.55. The lowest BCUT2D eigenvalue weighted by atomic mass is 10.2. The molecule has 3 nitrogen and oxygen atoms in total. The van der Waals surface area contributed by atoms with E-state index >= 15 is 0 Å². The smallest absolute Gasteiger partial charge is 0.0536 e. The molecule has 0 aromatic carbocycles. The van der Waals surface area contributed by atoms with Crippen molar-refractivity contribution in [3.8, 4) is 0 Å². The molecule has 0 saturated carbocycles. The normalized spacial score (nSPS) is 23.1. The topological polar surface area (TPSA) is 21.1 Å². The molecule has 2 heterocycles. The van der Waals surface area contributed by atoms with E-state index in [2.05, 4.69) is 25.9 Å². The third kappa shape index (κ3) is 2.36. The van der Waals surface area contributed by atoms with Crippen molar-refractivity contribution in [2.75, 3.05) is 18.4 Å². The Balaban J connectivity index is 1.80. The highest BCUT2D eigenvalue weighted by Gasteiger charge is 2.22. The van der Waals surface area contributed by atoms with E-state index in [1.807, 2.05) is 23.1 Å². The van der Waals surface area contributed by atoms with E-state index in [1.165, 1.54) is 19.4 Å². The predicted octanol–water partition coefficient (Wildman–Crippen LogP) is 1.74. The summed E-state index contributed by atoms with van der Waals surface area (Å²) in [5, 5.41) is 5.31. The number of halogens is 1. The average Bonchev–Trinajstić information content (AvgIpc) is 2.85. The van der Waals surface area contributed by atoms with Gasteiger partial charge in [0.1, 0.15) is 0 Å². The second-order valence-corrected chi connectivity index (χ2v) is 4.40. The molecule has 78 valence electrons. The Bertz CT molecular complexity index is 260. The maximum absolute atomic E-state index is 4.21. The molecule has 0 aliphatic carbocycles. The molecule has 1 aromatic rings. The molecular weight excluding hydrogens is 242 g/mol. The van der Waals surface area contributed by atoms with E-state index in [1.54, 1.807) is 0 Å². The Kier molecular flexibility index (Phi) is 3.59. The average molecular weight is 258 g/mol. The first-order valence-corrected chi connectivity index (χ1v) is 6.30. The molecule has 0 radical (unpaired) electrons. The van der Waals surface area contributed by atoms with Gasteiger partial charge in [0.15, 0.2) is 0 Å². The summed E-state index contributed by atoms with van der Waals surface area (Å²) in [7, 11) is 0. The van der Waals surface area contributed by atoms with E-state index in [0.717, 1.165) is 24.5 Å². The number of rotatable bonds is 4. The van der Waals surface area contributed by atoms with Crippen molar-refractivity contribution in [1.29, 1.82) is 0 Å². The summed E-state index contributed by atoms with van der Waals surface area (Å²) in [5.41, 5.74) is 0. The molecule has 4 heteroatoms. The van der Waals surface area contributed by atoms with Gasteiger partial charge < -0.3 is 0 Å². The van der Waals surface area contributed by atoms with Gasteiger partial charge in [-0.15, -0.1) is 0 Å². The third-order valence-corrected chi connectivity index (χ3v) is 3.60. The van der Waals surface area contributed by atoms with E-state index < -0.39 is 0 Å². The van der Waals surface area contributed by atoms with Gasteiger partial charge in [-0.2, -0.15) is 5.10 Å². The molecule has 0 spiro atoms. The lowest BCUT2D eigenvalue weighted by Crippen LogP contribution is -2.33. The van der Waals surface area contributed by atoms with Crippen LogP contribution < -0.4 is 0 Å². The van der Waals surface area contributed by atoms with Crippen molar-refractivity contribution in [1.82, 2.24) is 14.7 Å². The Labute approximate surface area is 93.2 Å². The molecule has 1 atom stereocenters. The first-order chi connectivity index (χ1) is 6.90. The maximum atomic E-state index is 4.21. The van der Waals surface area contributed by atoms with Crippen molar-refractivity contribution in [3.63, 3.8) is 0 Å². The molecular formula is C10H16BrN3. The fraction of sp³-hybridized carbons (Fsp3) is 0.700. The lowest BCUT2D eigenvalue weighted by Gasteiger charge is -2.22. The van der Waals surface area contributed by atoms with Crippen molar-refractivity contribution >= 4 is 15.9 Å². The summed E-state index contributed by atoms with van der Waals surface area (Å²) in [5.74, 6) is 0. The van der Waals surface area contributed by atoms with Gasteiger partial charge in [-0.25, -0.2) is 0 Å². The summed E-state index contributed by atoms with van der Waals surface area (Å²) in [4.78, 5) is 2.55. The minimum atomic E-state index is 0.741. The number of likely N-dealkylation sites (tertiary alicyclic amines) is 1. The van der Waals surface area contributed by atoms with E-state index in [-0.39, 0.29) is 0 Å². The zero-order valence-electron chi connectivity index (χ0n) is 8.27. The van der Waals surface area contributed by atoms with Crippen LogP contribution in [0.5, 0.6) is 0 Å². The lowest BCUT2D eigenvalue weighted by molar-refractivity contribution is 0.258. The van der Waals surface area contributed by atoms with Gasteiger partial charge >= 0.3 is 0 Å². The third-order valence-electron chi connectivity index (χ3n) is 2.85. The van der Waals surface area contributed by atoms with E-state index in [0.29, 0.717) is 0 Å². The van der Waals surface area contributed by atoms with Crippen LogP contribution in [0.1, 0.15) is 12.8 Å². The minimum absolute atomic E-state index is 0.741. The largest absolute Gasteiger partial charge is 0.298 e. The Morgan fingerprint density at radius 3 is 3.07 bits per heavy atom. The first-order valence-electron chi connectivity index (χ1n) is 5.17. The molecule has 1 saturated heterocycles. The van der Waals surface area contributed by atoms with Crippen LogP contribution in [0.2, 0.25) is 0 Å². The molecule has 1 aliphatic rings. The van der Waals surface area contributed by atoms with Gasteiger partial charge in [-0.3, -0.25) is 9.58 Å². The predicted molar refractivity (Wildman–Crippen MR) is 60.6 cm³/mol. The van der Waals surface area contributed by atoms with Crippen molar-refractivity contribution in [3.05, 3.63) is 18.5 Å². The van der Waals surface area contributed by atoms with E-state index in [4.69, 9.17) is 0 Å². The SMILES string of the molecule is BrCC1CCCN1CCn1cccn1. The summed E-state index contributed by atoms with van der Waals surface area (Å²) >= 11 is 3.57. The van der Waals surface area contributed by atoms with Gasteiger partial charge in [0.2, 0.25) is 0 Å². The van der Waals surface area contributed by atoms with Crippen LogP contribution >= 0.6 is 15.9 Å². The quantitative estimate of drug-likeness (QED) is 0.767. The fourth-order valence-corrected chi connectivity index (χ4v) is 2.76. The van der Waals surface area contributed by atoms with Crippen LogP contribution in [-0.4, -0.2) is 39.1 Å². The second kappa shape index (κ2) is 4.94. The van der Waals surface area contributed by atoms with Crippen molar-refractivity contribution in [2.24, 2.45) is 0 Å². The highest BCUT2D eigenvalue weighted by molar-refractivity contribution is 9.09. The number of aromatic nitrogens is 2. The molecule has 0 amide bonds. The first kappa shape index (κ1) is 10.2. The van der Waals surface area contributed by atoms with Crippen LogP contribution in [0.3, 0.4) is 0 Å². The summed E-state index contributed by atoms with van der Waals surface area (Å²) in [6.45, 7) is 3.38. The van der Waals surface area contributed by atoms with Gasteiger partial charge in [0.05, 0.1) is 6.54 Å². The number of nitrogens with zero attached hydrogens (tertiary/aromatic N) is 3. The van der Waals surface area contributed by atoms with Crippen LogP contribution in [0, 0.1) is 0 Å². The Morgan fingerprint density at radius 2 is 2.36 bits per heavy atom. The molecule has 1 unspecified atom stereocenters. The van der Waals surface area contributed by atoms with Gasteiger partial charge in [0.25, 0.3) is 0 Å². The summed E-state index contributed by atoms with van der Waals surface area (Å²) < 4.78 is 2.00. The highest BCUT2D eigenvalue weighted by Crippen LogP contribution is 2.18. The zero-order chi connectivity index (χ0) is 9.80. The molecule has 14 heavy (non-hydrogen) atoms. The summed E-state index contributed by atoms with van der Waals surface area (Å²) in [6, 6.07) is 2.72. The molecule has 0 bridgehead atoms. The standard InChI is InChI=1S/C10H16BrN3/c11-9-10-3-1-5-13(10)7-8-14-6-2-4-12-14/h2,4,6,10H,1,3,5,7-9H2. The van der Waals surface area contributed by atoms with Crippen LogP contribution in [0.15, 0.2) is 18.5 Å².